The van der Waals surface area contributed by atoms with Gasteiger partial charge in [0.05, 0.1) is 0 Å². The molecule has 0 aliphatic carbocycles. The number of para-hydroxylation sites is 1. The number of amides is 4. The number of benzene rings is 2. The van der Waals surface area contributed by atoms with Crippen LogP contribution in [-0.2, 0) is 25.5 Å². The molecule has 41 heavy (non-hydrogen) atoms. The van der Waals surface area contributed by atoms with Crippen LogP contribution in [0.15, 0.2) is 48.5 Å². The first-order valence-electron chi connectivity index (χ1n) is 14.4. The van der Waals surface area contributed by atoms with Gasteiger partial charge in [0.15, 0.2) is 0 Å². The molecule has 0 radical (unpaired) electrons. The molecule has 0 aromatic heterocycles. The Morgan fingerprint density at radius 3 is 2.20 bits per heavy atom. The number of primary amides is 1. The van der Waals surface area contributed by atoms with E-state index in [1.165, 1.54) is 4.90 Å². The van der Waals surface area contributed by atoms with Gasteiger partial charge in [0, 0.05) is 18.7 Å². The fraction of sp³-hybridized carbons (Fsp3) is 0.500. The maximum Gasteiger partial charge on any atom is 0.408 e. The fourth-order valence-electron chi connectivity index (χ4n) is 4.42. The summed E-state index contributed by atoms with van der Waals surface area (Å²) in [5.74, 6) is -1.47. The summed E-state index contributed by atoms with van der Waals surface area (Å²) in [7, 11) is 0. The number of rotatable bonds is 14. The number of anilines is 1. The average Bonchev–Trinajstić information content (AvgIpc) is 2.90. The molecule has 0 aliphatic rings. The van der Waals surface area contributed by atoms with Crippen LogP contribution in [0.25, 0.3) is 0 Å². The fourth-order valence-corrected chi connectivity index (χ4v) is 4.42. The van der Waals surface area contributed by atoms with Gasteiger partial charge in [0.1, 0.15) is 17.7 Å². The number of hydrogen-bond acceptors (Lipinski definition) is 5. The van der Waals surface area contributed by atoms with E-state index in [0.717, 1.165) is 30.4 Å². The summed E-state index contributed by atoms with van der Waals surface area (Å²) in [6.45, 7) is 11.4. The van der Waals surface area contributed by atoms with Gasteiger partial charge in [-0.1, -0.05) is 69.2 Å². The molecule has 9 heteroatoms. The molecule has 0 saturated heterocycles. The van der Waals surface area contributed by atoms with Crippen molar-refractivity contribution in [3.63, 3.8) is 0 Å². The first kappa shape index (κ1) is 33.3. The monoisotopic (exact) mass is 566 g/mol. The zero-order valence-electron chi connectivity index (χ0n) is 25.3. The number of nitrogens with two attached hydrogens (primary N) is 1. The molecule has 224 valence electrons. The van der Waals surface area contributed by atoms with E-state index in [9.17, 15) is 19.2 Å². The van der Waals surface area contributed by atoms with Gasteiger partial charge in [-0.2, -0.15) is 0 Å². The van der Waals surface area contributed by atoms with Gasteiger partial charge in [-0.05, 0) is 69.7 Å². The molecule has 2 rings (SSSR count). The third kappa shape index (κ3) is 10.9. The van der Waals surface area contributed by atoms with Gasteiger partial charge in [-0.15, -0.1) is 0 Å². The zero-order valence-corrected chi connectivity index (χ0v) is 25.3. The predicted octanol–water partition coefficient (Wildman–Crippen LogP) is 5.41. The highest BCUT2D eigenvalue weighted by molar-refractivity contribution is 5.99. The van der Waals surface area contributed by atoms with E-state index >= 15 is 0 Å². The summed E-state index contributed by atoms with van der Waals surface area (Å²) in [5, 5.41) is 5.64. The third-order valence-electron chi connectivity index (χ3n) is 6.62. The first-order valence-corrected chi connectivity index (χ1v) is 14.4. The summed E-state index contributed by atoms with van der Waals surface area (Å²) >= 11 is 0. The van der Waals surface area contributed by atoms with Crippen molar-refractivity contribution in [1.29, 1.82) is 0 Å². The largest absolute Gasteiger partial charge is 0.444 e. The zero-order chi connectivity index (χ0) is 30.6. The van der Waals surface area contributed by atoms with Crippen LogP contribution >= 0.6 is 0 Å². The van der Waals surface area contributed by atoms with E-state index in [4.69, 9.17) is 10.5 Å². The van der Waals surface area contributed by atoms with Crippen LogP contribution < -0.4 is 16.4 Å². The molecule has 2 unspecified atom stereocenters. The van der Waals surface area contributed by atoms with E-state index in [2.05, 4.69) is 17.6 Å². The van der Waals surface area contributed by atoms with Crippen molar-refractivity contribution in [2.45, 2.75) is 97.8 Å². The molecule has 0 bridgehead atoms. The molecule has 0 aliphatic heterocycles. The quantitative estimate of drug-likeness (QED) is 0.263. The highest BCUT2D eigenvalue weighted by atomic mass is 16.6. The van der Waals surface area contributed by atoms with Gasteiger partial charge in [-0.25, -0.2) is 4.79 Å². The maximum atomic E-state index is 14.2. The van der Waals surface area contributed by atoms with Crippen LogP contribution in [0.2, 0.25) is 0 Å². The van der Waals surface area contributed by atoms with Crippen molar-refractivity contribution in [2.24, 2.45) is 5.73 Å². The molecular formula is C32H46N4O5. The maximum absolute atomic E-state index is 14.2. The minimum absolute atomic E-state index is 0.0292. The Morgan fingerprint density at radius 2 is 1.63 bits per heavy atom. The lowest BCUT2D eigenvalue weighted by molar-refractivity contribution is -0.141. The van der Waals surface area contributed by atoms with Crippen LogP contribution in [0.5, 0.6) is 0 Å². The van der Waals surface area contributed by atoms with Crippen LogP contribution in [0.4, 0.5) is 10.5 Å². The SMILES string of the molecule is CCCCCN(C(=O)C(CCC(N)=O)NC(=O)OC(C)(C)C)C(C(=O)Nc1ccccc1C)c1ccc(CC)cc1. The van der Waals surface area contributed by atoms with Gasteiger partial charge >= 0.3 is 6.09 Å². The standard InChI is InChI=1S/C32H46N4O5/c1-7-9-12-21-36(30(39)26(19-20-27(33)37)35-31(40)41-32(4,5)6)28(24-17-15-23(8-2)16-18-24)29(38)34-25-14-11-10-13-22(25)3/h10-11,13-18,26,28H,7-9,12,19-21H2,1-6H3,(H2,33,37)(H,34,38)(H,35,40). The lowest BCUT2D eigenvalue weighted by Gasteiger charge is -2.34. The summed E-state index contributed by atoms with van der Waals surface area (Å²) in [5.41, 5.74) is 7.88. The molecule has 0 fully saturated rings. The Bertz CT molecular complexity index is 1170. The van der Waals surface area contributed by atoms with Crippen LogP contribution in [0, 0.1) is 6.92 Å². The Hall–Kier alpha value is -3.88. The number of carbonyl (C=O) groups is 4. The Labute approximate surface area is 244 Å². The van der Waals surface area contributed by atoms with Crippen molar-refractivity contribution in [3.8, 4) is 0 Å². The summed E-state index contributed by atoms with van der Waals surface area (Å²) in [6, 6.07) is 12.9. The van der Waals surface area contributed by atoms with Gasteiger partial charge in [0.25, 0.3) is 5.91 Å². The Kier molecular flexibility index (Phi) is 12.8. The average molecular weight is 567 g/mol. The van der Waals surface area contributed by atoms with Gasteiger partial charge < -0.3 is 26.0 Å². The molecule has 4 N–H and O–H groups in total. The van der Waals surface area contributed by atoms with Crippen molar-refractivity contribution in [3.05, 3.63) is 65.2 Å². The molecule has 0 saturated carbocycles. The topological polar surface area (TPSA) is 131 Å². The second-order valence-corrected chi connectivity index (χ2v) is 11.2. The second kappa shape index (κ2) is 15.8. The molecule has 4 amide bonds. The molecule has 9 nitrogen and oxygen atoms in total. The lowest BCUT2D eigenvalue weighted by Crippen LogP contribution is -2.52. The number of aryl methyl sites for hydroxylation is 2. The molecular weight excluding hydrogens is 520 g/mol. The summed E-state index contributed by atoms with van der Waals surface area (Å²) in [4.78, 5) is 54.1. The van der Waals surface area contributed by atoms with Gasteiger partial charge in [-0.3, -0.25) is 14.4 Å². The first-order chi connectivity index (χ1) is 19.4. The molecule has 2 atom stereocenters. The van der Waals surface area contributed by atoms with Crippen LogP contribution in [0.1, 0.15) is 89.5 Å². The molecule has 2 aromatic carbocycles. The van der Waals surface area contributed by atoms with Crippen molar-refractivity contribution >= 4 is 29.5 Å². The van der Waals surface area contributed by atoms with Crippen molar-refractivity contribution in [1.82, 2.24) is 10.2 Å². The summed E-state index contributed by atoms with van der Waals surface area (Å²) < 4.78 is 5.40. The number of unbranched alkanes of at least 4 members (excludes halogenated alkanes) is 2. The molecule has 0 spiro atoms. The van der Waals surface area contributed by atoms with E-state index in [1.54, 1.807) is 20.8 Å². The number of hydrogen-bond donors (Lipinski definition) is 3. The van der Waals surface area contributed by atoms with Gasteiger partial charge in [0.2, 0.25) is 11.8 Å². The number of alkyl carbamates (subject to hydrolysis) is 1. The number of nitrogens with one attached hydrogen (secondary N) is 2. The number of ether oxygens (including phenoxy) is 1. The Balaban J connectivity index is 2.56. The smallest absolute Gasteiger partial charge is 0.408 e. The van der Waals surface area contributed by atoms with E-state index < -0.39 is 35.6 Å². The van der Waals surface area contributed by atoms with Crippen molar-refractivity contribution < 1.29 is 23.9 Å². The highest BCUT2D eigenvalue weighted by Gasteiger charge is 2.36. The molecule has 2 aromatic rings. The van der Waals surface area contributed by atoms with E-state index in [0.29, 0.717) is 17.7 Å². The normalized spacial score (nSPS) is 12.6. The summed E-state index contributed by atoms with van der Waals surface area (Å²) in [6.07, 6.45) is 2.29. The number of carbonyl (C=O) groups excluding carboxylic acids is 4. The minimum atomic E-state index is -1.12. The molecule has 0 heterocycles. The van der Waals surface area contributed by atoms with E-state index in [-0.39, 0.29) is 25.3 Å². The third-order valence-corrected chi connectivity index (χ3v) is 6.62. The Morgan fingerprint density at radius 1 is 0.976 bits per heavy atom. The second-order valence-electron chi connectivity index (χ2n) is 11.2. The highest BCUT2D eigenvalue weighted by Crippen LogP contribution is 2.27. The van der Waals surface area contributed by atoms with Crippen LogP contribution in [0.3, 0.4) is 0 Å². The van der Waals surface area contributed by atoms with Crippen molar-refractivity contribution in [2.75, 3.05) is 11.9 Å². The van der Waals surface area contributed by atoms with E-state index in [1.807, 2.05) is 62.4 Å². The van der Waals surface area contributed by atoms with Crippen LogP contribution in [-0.4, -0.2) is 46.9 Å². The number of nitrogens with zero attached hydrogens (tertiary/aromatic N) is 1. The predicted molar refractivity (Wildman–Crippen MR) is 161 cm³/mol. The lowest BCUT2D eigenvalue weighted by atomic mass is 9.99. The minimum Gasteiger partial charge on any atom is -0.444 e.